The van der Waals surface area contributed by atoms with Gasteiger partial charge in [0.25, 0.3) is 0 Å². The van der Waals surface area contributed by atoms with E-state index in [2.05, 4.69) is 11.8 Å². The fourth-order valence-corrected chi connectivity index (χ4v) is 3.44. The molecule has 0 aromatic rings. The van der Waals surface area contributed by atoms with Crippen LogP contribution >= 0.6 is 0 Å². The maximum absolute atomic E-state index is 11.5. The maximum Gasteiger partial charge on any atom is 0.129 e. The first-order valence-corrected chi connectivity index (χ1v) is 7.58. The zero-order chi connectivity index (χ0) is 12.8. The summed E-state index contributed by atoms with van der Waals surface area (Å²) in [5, 5.41) is 0. The van der Waals surface area contributed by atoms with Crippen molar-refractivity contribution in [3.63, 3.8) is 0 Å². The van der Waals surface area contributed by atoms with Crippen LogP contribution in [0.25, 0.3) is 0 Å². The quantitative estimate of drug-likeness (QED) is 0.721. The second kappa shape index (κ2) is 6.67. The number of hydrogen-bond acceptors (Lipinski definition) is 3. The SMILES string of the molecule is CCC1CCCCCN1CC1(C=O)CCCOC1. The Balaban J connectivity index is 2.01. The minimum absolute atomic E-state index is 0.226. The number of hydrogen-bond donors (Lipinski definition) is 0. The zero-order valence-corrected chi connectivity index (χ0v) is 11.7. The van der Waals surface area contributed by atoms with Crippen LogP contribution < -0.4 is 0 Å². The van der Waals surface area contributed by atoms with Gasteiger partial charge in [0.15, 0.2) is 0 Å². The molecule has 0 aromatic heterocycles. The molecular weight excluding hydrogens is 226 g/mol. The highest BCUT2D eigenvalue weighted by molar-refractivity contribution is 5.60. The molecule has 0 saturated carbocycles. The molecule has 0 spiro atoms. The van der Waals surface area contributed by atoms with E-state index < -0.39 is 0 Å². The van der Waals surface area contributed by atoms with Crippen molar-refractivity contribution in [1.82, 2.24) is 4.90 Å². The second-order valence-electron chi connectivity index (χ2n) is 6.02. The topological polar surface area (TPSA) is 29.5 Å². The van der Waals surface area contributed by atoms with Gasteiger partial charge in [-0.1, -0.05) is 19.8 Å². The van der Waals surface area contributed by atoms with Gasteiger partial charge in [-0.3, -0.25) is 4.90 Å². The molecule has 0 bridgehead atoms. The lowest BCUT2D eigenvalue weighted by molar-refractivity contribution is -0.126. The normalized spacial score (nSPS) is 35.1. The van der Waals surface area contributed by atoms with Crippen LogP contribution in [0.4, 0.5) is 0 Å². The average Bonchev–Trinajstić information content (AvgIpc) is 2.65. The van der Waals surface area contributed by atoms with E-state index in [1.165, 1.54) is 38.4 Å². The van der Waals surface area contributed by atoms with Crippen molar-refractivity contribution in [1.29, 1.82) is 0 Å². The minimum Gasteiger partial charge on any atom is -0.380 e. The van der Waals surface area contributed by atoms with Crippen molar-refractivity contribution in [3.05, 3.63) is 0 Å². The van der Waals surface area contributed by atoms with Crippen molar-refractivity contribution >= 4 is 6.29 Å². The summed E-state index contributed by atoms with van der Waals surface area (Å²) in [6.07, 6.45) is 9.68. The highest BCUT2D eigenvalue weighted by atomic mass is 16.5. The maximum atomic E-state index is 11.5. The minimum atomic E-state index is -0.226. The van der Waals surface area contributed by atoms with Crippen molar-refractivity contribution in [3.8, 4) is 0 Å². The molecule has 2 fully saturated rings. The van der Waals surface area contributed by atoms with Crippen molar-refractivity contribution in [2.24, 2.45) is 5.41 Å². The van der Waals surface area contributed by atoms with E-state index in [0.717, 1.165) is 32.5 Å². The summed E-state index contributed by atoms with van der Waals surface area (Å²) in [7, 11) is 0. The lowest BCUT2D eigenvalue weighted by Crippen LogP contribution is -2.47. The molecule has 0 aromatic carbocycles. The van der Waals surface area contributed by atoms with Gasteiger partial charge in [0.2, 0.25) is 0 Å². The summed E-state index contributed by atoms with van der Waals surface area (Å²) in [5.41, 5.74) is -0.226. The van der Waals surface area contributed by atoms with Gasteiger partial charge in [-0.15, -0.1) is 0 Å². The molecule has 2 unspecified atom stereocenters. The molecular formula is C15H27NO2. The van der Waals surface area contributed by atoms with E-state index in [9.17, 15) is 4.79 Å². The number of carbonyl (C=O) groups is 1. The predicted molar refractivity (Wildman–Crippen MR) is 72.7 cm³/mol. The average molecular weight is 253 g/mol. The van der Waals surface area contributed by atoms with Crippen LogP contribution in [-0.2, 0) is 9.53 Å². The van der Waals surface area contributed by atoms with Crippen LogP contribution in [0.3, 0.4) is 0 Å². The fraction of sp³-hybridized carbons (Fsp3) is 0.933. The summed E-state index contributed by atoms with van der Waals surface area (Å²) >= 11 is 0. The van der Waals surface area contributed by atoms with Gasteiger partial charge in [-0.2, -0.15) is 0 Å². The van der Waals surface area contributed by atoms with Crippen LogP contribution in [0.2, 0.25) is 0 Å². The van der Waals surface area contributed by atoms with Crippen molar-refractivity contribution in [2.45, 2.75) is 57.9 Å². The predicted octanol–water partition coefficient (Wildman–Crippen LogP) is 2.64. The lowest BCUT2D eigenvalue weighted by atomic mass is 9.83. The lowest BCUT2D eigenvalue weighted by Gasteiger charge is -2.39. The Kier molecular flexibility index (Phi) is 5.19. The Labute approximate surface area is 111 Å². The molecule has 104 valence electrons. The largest absolute Gasteiger partial charge is 0.380 e. The zero-order valence-electron chi connectivity index (χ0n) is 11.7. The molecule has 18 heavy (non-hydrogen) atoms. The molecule has 3 nitrogen and oxygen atoms in total. The summed E-state index contributed by atoms with van der Waals surface area (Å²) in [6.45, 7) is 5.80. The first kappa shape index (κ1) is 14.0. The molecule has 0 aliphatic carbocycles. The molecule has 2 aliphatic heterocycles. The Bertz CT molecular complexity index is 261. The highest BCUT2D eigenvalue weighted by Gasteiger charge is 2.36. The summed E-state index contributed by atoms with van der Waals surface area (Å²) in [4.78, 5) is 14.1. The van der Waals surface area contributed by atoms with Gasteiger partial charge in [0, 0.05) is 19.2 Å². The molecule has 2 aliphatic rings. The number of nitrogens with zero attached hydrogens (tertiary/aromatic N) is 1. The van der Waals surface area contributed by atoms with E-state index in [1.54, 1.807) is 0 Å². The van der Waals surface area contributed by atoms with Crippen LogP contribution in [-0.4, -0.2) is 43.5 Å². The molecule has 3 heteroatoms. The number of rotatable bonds is 4. The van der Waals surface area contributed by atoms with Crippen LogP contribution in [0.1, 0.15) is 51.9 Å². The first-order valence-electron chi connectivity index (χ1n) is 7.58. The van der Waals surface area contributed by atoms with E-state index in [4.69, 9.17) is 4.74 Å². The van der Waals surface area contributed by atoms with Crippen LogP contribution in [0.5, 0.6) is 0 Å². The third kappa shape index (κ3) is 3.33. The smallest absolute Gasteiger partial charge is 0.129 e. The van der Waals surface area contributed by atoms with Crippen molar-refractivity contribution in [2.75, 3.05) is 26.3 Å². The Morgan fingerprint density at radius 3 is 2.89 bits per heavy atom. The van der Waals surface area contributed by atoms with E-state index in [1.807, 2.05) is 0 Å². The third-order valence-corrected chi connectivity index (χ3v) is 4.59. The van der Waals surface area contributed by atoms with E-state index in [-0.39, 0.29) is 5.41 Å². The molecule has 0 amide bonds. The number of aldehydes is 1. The summed E-state index contributed by atoms with van der Waals surface area (Å²) in [6, 6.07) is 0.672. The standard InChI is InChI=1S/C15H27NO2/c1-2-14-7-4-3-5-9-16(14)11-15(12-17)8-6-10-18-13-15/h12,14H,2-11,13H2,1H3. The Hall–Kier alpha value is -0.410. The summed E-state index contributed by atoms with van der Waals surface area (Å²) in [5.74, 6) is 0. The molecule has 0 N–H and O–H groups in total. The number of likely N-dealkylation sites (tertiary alicyclic amines) is 1. The van der Waals surface area contributed by atoms with Gasteiger partial charge >= 0.3 is 0 Å². The third-order valence-electron chi connectivity index (χ3n) is 4.59. The second-order valence-corrected chi connectivity index (χ2v) is 6.02. The Morgan fingerprint density at radius 2 is 2.22 bits per heavy atom. The monoisotopic (exact) mass is 253 g/mol. The van der Waals surface area contributed by atoms with Gasteiger partial charge in [-0.25, -0.2) is 0 Å². The molecule has 2 atom stereocenters. The molecule has 2 heterocycles. The Morgan fingerprint density at radius 1 is 1.33 bits per heavy atom. The molecule has 2 rings (SSSR count). The van der Waals surface area contributed by atoms with Gasteiger partial charge in [-0.05, 0) is 38.6 Å². The van der Waals surface area contributed by atoms with Crippen LogP contribution in [0.15, 0.2) is 0 Å². The van der Waals surface area contributed by atoms with Gasteiger partial charge < -0.3 is 9.53 Å². The fourth-order valence-electron chi connectivity index (χ4n) is 3.44. The van der Waals surface area contributed by atoms with Gasteiger partial charge in [0.05, 0.1) is 12.0 Å². The van der Waals surface area contributed by atoms with E-state index >= 15 is 0 Å². The highest BCUT2D eigenvalue weighted by Crippen LogP contribution is 2.30. The van der Waals surface area contributed by atoms with Crippen LogP contribution in [0, 0.1) is 5.41 Å². The molecule has 0 radical (unpaired) electrons. The molecule has 2 saturated heterocycles. The first-order chi connectivity index (χ1) is 8.79. The van der Waals surface area contributed by atoms with Crippen molar-refractivity contribution < 1.29 is 9.53 Å². The number of ether oxygens (including phenoxy) is 1. The number of carbonyl (C=O) groups excluding carboxylic acids is 1. The van der Waals surface area contributed by atoms with Gasteiger partial charge in [0.1, 0.15) is 6.29 Å². The summed E-state index contributed by atoms with van der Waals surface area (Å²) < 4.78 is 5.56. The van der Waals surface area contributed by atoms with E-state index in [0.29, 0.717) is 12.6 Å².